The molecular weight excluding hydrogens is 342 g/mol. The Labute approximate surface area is 168 Å². The molecule has 0 spiro atoms. The molecule has 28 heavy (non-hydrogen) atoms. The molecule has 0 bridgehead atoms. The Kier molecular flexibility index (Phi) is 8.05. The van der Waals surface area contributed by atoms with E-state index in [1.807, 2.05) is 30.3 Å². The Morgan fingerprint density at radius 2 is 1.36 bits per heavy atom. The van der Waals surface area contributed by atoms with Crippen molar-refractivity contribution in [2.24, 2.45) is 0 Å². The lowest BCUT2D eigenvalue weighted by atomic mass is 10.0. The number of aliphatic hydroxyl groups excluding tert-OH is 1. The van der Waals surface area contributed by atoms with Gasteiger partial charge in [-0.15, -0.1) is 0 Å². The average molecular weight is 372 g/mol. The van der Waals surface area contributed by atoms with Crippen LogP contribution in [0.3, 0.4) is 0 Å². The van der Waals surface area contributed by atoms with Gasteiger partial charge in [0.05, 0.1) is 6.10 Å². The molecule has 0 fully saturated rings. The van der Waals surface area contributed by atoms with E-state index >= 15 is 0 Å². The van der Waals surface area contributed by atoms with Gasteiger partial charge in [0, 0.05) is 13.1 Å². The van der Waals surface area contributed by atoms with Crippen LogP contribution in [0, 0.1) is 0 Å². The van der Waals surface area contributed by atoms with E-state index in [-0.39, 0.29) is 6.10 Å². The quantitative estimate of drug-likeness (QED) is 0.510. The van der Waals surface area contributed by atoms with E-state index in [1.54, 1.807) is 0 Å². The third-order valence-corrected chi connectivity index (χ3v) is 4.88. The highest BCUT2D eigenvalue weighted by Crippen LogP contribution is 2.16. The van der Waals surface area contributed by atoms with E-state index in [2.05, 4.69) is 72.1 Å². The zero-order chi connectivity index (χ0) is 19.4. The molecule has 0 saturated carbocycles. The molecule has 2 heteroatoms. The number of hydrogen-bond acceptors (Lipinski definition) is 2. The third kappa shape index (κ3) is 6.80. The summed E-state index contributed by atoms with van der Waals surface area (Å²) in [4.78, 5) is 0. The van der Waals surface area contributed by atoms with E-state index in [9.17, 15) is 5.11 Å². The zero-order valence-electron chi connectivity index (χ0n) is 16.3. The van der Waals surface area contributed by atoms with Gasteiger partial charge in [-0.1, -0.05) is 97.1 Å². The SMILES string of the molecule is OC(C/C=C(\CNCc1ccccc1)c1ccccc1)CCc1ccccc1. The largest absolute Gasteiger partial charge is 0.393 e. The minimum atomic E-state index is -0.326. The summed E-state index contributed by atoms with van der Waals surface area (Å²) in [6.07, 6.45) is 4.21. The predicted molar refractivity (Wildman–Crippen MR) is 118 cm³/mol. The van der Waals surface area contributed by atoms with Gasteiger partial charge in [-0.2, -0.15) is 0 Å². The van der Waals surface area contributed by atoms with Crippen molar-refractivity contribution in [2.45, 2.75) is 31.9 Å². The summed E-state index contributed by atoms with van der Waals surface area (Å²) in [5, 5.41) is 14.0. The third-order valence-electron chi connectivity index (χ3n) is 4.88. The van der Waals surface area contributed by atoms with Crippen LogP contribution >= 0.6 is 0 Å². The van der Waals surface area contributed by atoms with Crippen LogP contribution in [0.4, 0.5) is 0 Å². The fraction of sp³-hybridized carbons (Fsp3) is 0.231. The smallest absolute Gasteiger partial charge is 0.0578 e. The normalized spacial score (nSPS) is 12.7. The second-order valence-electron chi connectivity index (χ2n) is 7.10. The lowest BCUT2D eigenvalue weighted by molar-refractivity contribution is 0.168. The summed E-state index contributed by atoms with van der Waals surface area (Å²) >= 11 is 0. The van der Waals surface area contributed by atoms with E-state index in [0.29, 0.717) is 6.42 Å². The summed E-state index contributed by atoms with van der Waals surface area (Å²) in [5.41, 5.74) is 4.99. The molecule has 0 aliphatic heterocycles. The lowest BCUT2D eigenvalue weighted by Gasteiger charge is -2.13. The number of aliphatic hydroxyl groups is 1. The fourth-order valence-corrected chi connectivity index (χ4v) is 3.26. The van der Waals surface area contributed by atoms with Crippen LogP contribution in [0.2, 0.25) is 0 Å². The second kappa shape index (κ2) is 11.2. The number of rotatable bonds is 10. The average Bonchev–Trinajstić information content (AvgIpc) is 2.76. The van der Waals surface area contributed by atoms with Gasteiger partial charge in [0.25, 0.3) is 0 Å². The second-order valence-corrected chi connectivity index (χ2v) is 7.10. The lowest BCUT2D eigenvalue weighted by Crippen LogP contribution is -2.16. The van der Waals surface area contributed by atoms with Crippen molar-refractivity contribution in [3.05, 3.63) is 114 Å². The van der Waals surface area contributed by atoms with E-state index in [4.69, 9.17) is 0 Å². The molecule has 2 N–H and O–H groups in total. The summed E-state index contributed by atoms with van der Waals surface area (Å²) in [6, 6.07) is 31.2. The van der Waals surface area contributed by atoms with Gasteiger partial charge in [0.1, 0.15) is 0 Å². The van der Waals surface area contributed by atoms with Crippen molar-refractivity contribution in [3.63, 3.8) is 0 Å². The maximum absolute atomic E-state index is 10.4. The molecule has 3 aromatic rings. The van der Waals surface area contributed by atoms with E-state index < -0.39 is 0 Å². The maximum atomic E-state index is 10.4. The van der Waals surface area contributed by atoms with Crippen molar-refractivity contribution in [1.82, 2.24) is 5.32 Å². The minimum absolute atomic E-state index is 0.326. The van der Waals surface area contributed by atoms with Gasteiger partial charge >= 0.3 is 0 Å². The van der Waals surface area contributed by atoms with E-state index in [1.165, 1.54) is 22.3 Å². The molecule has 0 radical (unpaired) electrons. The first-order chi connectivity index (χ1) is 13.8. The summed E-state index contributed by atoms with van der Waals surface area (Å²) in [7, 11) is 0. The minimum Gasteiger partial charge on any atom is -0.393 e. The number of hydrogen-bond donors (Lipinski definition) is 2. The van der Waals surface area contributed by atoms with Crippen LogP contribution in [0.1, 0.15) is 29.5 Å². The van der Waals surface area contributed by atoms with Gasteiger partial charge in [-0.3, -0.25) is 0 Å². The number of aryl methyl sites for hydroxylation is 1. The Morgan fingerprint density at radius 1 is 0.786 bits per heavy atom. The summed E-state index contributed by atoms with van der Waals surface area (Å²) in [6.45, 7) is 1.62. The van der Waals surface area contributed by atoms with Crippen LogP contribution in [0.25, 0.3) is 5.57 Å². The standard InChI is InChI=1S/C26H29NO/c28-26(18-16-22-10-4-1-5-11-22)19-17-25(24-14-8-3-9-15-24)21-27-20-23-12-6-2-7-13-23/h1-15,17,26-28H,16,18-21H2/b25-17+. The van der Waals surface area contributed by atoms with Gasteiger partial charge in [0.2, 0.25) is 0 Å². The topological polar surface area (TPSA) is 32.3 Å². The van der Waals surface area contributed by atoms with Crippen molar-refractivity contribution in [2.75, 3.05) is 6.54 Å². The molecule has 0 aliphatic carbocycles. The molecule has 0 aromatic heterocycles. The molecule has 2 nitrogen and oxygen atoms in total. The molecule has 1 unspecified atom stereocenters. The van der Waals surface area contributed by atoms with Crippen molar-refractivity contribution >= 4 is 5.57 Å². The Bertz CT molecular complexity index is 828. The van der Waals surface area contributed by atoms with Gasteiger partial charge in [0.15, 0.2) is 0 Å². The molecule has 0 heterocycles. The van der Waals surface area contributed by atoms with Gasteiger partial charge in [-0.05, 0) is 41.5 Å². The molecule has 144 valence electrons. The van der Waals surface area contributed by atoms with Gasteiger partial charge < -0.3 is 10.4 Å². The molecule has 0 aliphatic rings. The predicted octanol–water partition coefficient (Wildman–Crippen LogP) is 5.24. The molecule has 0 saturated heterocycles. The maximum Gasteiger partial charge on any atom is 0.0578 e. The van der Waals surface area contributed by atoms with Gasteiger partial charge in [-0.25, -0.2) is 0 Å². The Balaban J connectivity index is 1.56. The highest BCUT2D eigenvalue weighted by Gasteiger charge is 2.06. The number of benzene rings is 3. The van der Waals surface area contributed by atoms with Crippen LogP contribution < -0.4 is 5.32 Å². The van der Waals surface area contributed by atoms with Crippen LogP contribution in [-0.2, 0) is 13.0 Å². The fourth-order valence-electron chi connectivity index (χ4n) is 3.26. The Morgan fingerprint density at radius 3 is 2.00 bits per heavy atom. The first-order valence-corrected chi connectivity index (χ1v) is 10.0. The summed E-state index contributed by atoms with van der Waals surface area (Å²) in [5.74, 6) is 0. The highest BCUT2D eigenvalue weighted by atomic mass is 16.3. The first-order valence-electron chi connectivity index (χ1n) is 10.0. The van der Waals surface area contributed by atoms with Crippen molar-refractivity contribution < 1.29 is 5.11 Å². The van der Waals surface area contributed by atoms with Crippen LogP contribution in [0.15, 0.2) is 97.1 Å². The monoisotopic (exact) mass is 371 g/mol. The number of nitrogens with one attached hydrogen (secondary N) is 1. The van der Waals surface area contributed by atoms with E-state index in [0.717, 1.165) is 25.9 Å². The van der Waals surface area contributed by atoms with Crippen molar-refractivity contribution in [3.8, 4) is 0 Å². The van der Waals surface area contributed by atoms with Crippen LogP contribution in [-0.4, -0.2) is 17.8 Å². The molecular formula is C26H29NO. The highest BCUT2D eigenvalue weighted by molar-refractivity contribution is 5.66. The molecule has 3 rings (SSSR count). The molecule has 3 aromatic carbocycles. The van der Waals surface area contributed by atoms with Crippen LogP contribution in [0.5, 0.6) is 0 Å². The Hall–Kier alpha value is -2.68. The zero-order valence-corrected chi connectivity index (χ0v) is 16.3. The summed E-state index contributed by atoms with van der Waals surface area (Å²) < 4.78 is 0. The first kappa shape index (κ1) is 20.1. The molecule has 0 amide bonds. The van der Waals surface area contributed by atoms with Crippen molar-refractivity contribution in [1.29, 1.82) is 0 Å². The molecule has 1 atom stereocenters.